The second-order valence-electron chi connectivity index (χ2n) is 6.19. The number of carbonyl (C=O) groups is 1. The summed E-state index contributed by atoms with van der Waals surface area (Å²) in [6.07, 6.45) is 0.558. The number of aryl methyl sites for hydroxylation is 2. The van der Waals surface area contributed by atoms with Crippen molar-refractivity contribution in [2.75, 3.05) is 0 Å². The molecular weight excluding hydrogens is 308 g/mol. The van der Waals surface area contributed by atoms with Gasteiger partial charge in [0.05, 0.1) is 18.2 Å². The summed E-state index contributed by atoms with van der Waals surface area (Å²) in [6, 6.07) is 9.10. The number of nitrogens with zero attached hydrogens (tertiary/aromatic N) is 1. The molecule has 0 aliphatic heterocycles. The van der Waals surface area contributed by atoms with E-state index >= 15 is 0 Å². The van der Waals surface area contributed by atoms with Gasteiger partial charge in [0.2, 0.25) is 5.91 Å². The van der Waals surface area contributed by atoms with Gasteiger partial charge in [0.15, 0.2) is 0 Å². The first-order chi connectivity index (χ1) is 11.5. The number of amides is 1. The van der Waals surface area contributed by atoms with Crippen LogP contribution in [-0.4, -0.2) is 34.4 Å². The van der Waals surface area contributed by atoms with Crippen molar-refractivity contribution in [3.8, 4) is 5.75 Å². The lowest BCUT2D eigenvalue weighted by molar-refractivity contribution is -0.122. The summed E-state index contributed by atoms with van der Waals surface area (Å²) in [6.45, 7) is 3.60. The topological polar surface area (TPSA) is 84.6 Å². The van der Waals surface area contributed by atoms with Crippen molar-refractivity contribution >= 4 is 5.91 Å². The van der Waals surface area contributed by atoms with Gasteiger partial charge in [-0.2, -0.15) is 0 Å². The normalized spacial score (nSPS) is 23.2. The third-order valence-corrected chi connectivity index (χ3v) is 4.45. The van der Waals surface area contributed by atoms with Crippen molar-refractivity contribution in [2.24, 2.45) is 0 Å². The number of hydrogen-bond acceptors (Lipinski definition) is 5. The summed E-state index contributed by atoms with van der Waals surface area (Å²) in [5.41, 5.74) is 1.52. The van der Waals surface area contributed by atoms with Crippen molar-refractivity contribution in [3.05, 3.63) is 47.3 Å². The number of aromatic nitrogens is 1. The number of ether oxygens (including phenoxy) is 1. The predicted octanol–water partition coefficient (Wildman–Crippen LogP) is 1.92. The number of nitrogens with one attached hydrogen (secondary N) is 1. The molecule has 1 aliphatic carbocycles. The minimum Gasteiger partial charge on any atom is -0.488 e. The second kappa shape index (κ2) is 7.05. The molecule has 2 aromatic rings. The standard InChI is InChI=1S/C18H22N2O4/c1-11-14(12(2)24-20-11)10-17(21)19-15-8-9-16(18(15)22)23-13-6-4-3-5-7-13/h3-7,15-16,18,22H,8-10H2,1-2H3,(H,19,21)/t15-,16-,18-/m1/s1. The van der Waals surface area contributed by atoms with Crippen LogP contribution in [-0.2, 0) is 11.2 Å². The molecule has 1 saturated carbocycles. The maximum absolute atomic E-state index is 12.2. The lowest BCUT2D eigenvalue weighted by Gasteiger charge is -2.21. The number of carbonyl (C=O) groups excluding carboxylic acids is 1. The van der Waals surface area contributed by atoms with Gasteiger partial charge in [0.25, 0.3) is 0 Å². The average Bonchev–Trinajstić information content (AvgIpc) is 3.07. The highest BCUT2D eigenvalue weighted by molar-refractivity contribution is 5.79. The van der Waals surface area contributed by atoms with E-state index in [-0.39, 0.29) is 24.5 Å². The Kier molecular flexibility index (Phi) is 4.85. The summed E-state index contributed by atoms with van der Waals surface area (Å²) in [5.74, 6) is 1.23. The molecule has 1 aromatic carbocycles. The van der Waals surface area contributed by atoms with E-state index in [9.17, 15) is 9.90 Å². The van der Waals surface area contributed by atoms with Gasteiger partial charge >= 0.3 is 0 Å². The Bertz CT molecular complexity index is 679. The maximum atomic E-state index is 12.2. The molecule has 1 aliphatic rings. The smallest absolute Gasteiger partial charge is 0.224 e. The fraction of sp³-hybridized carbons (Fsp3) is 0.444. The van der Waals surface area contributed by atoms with Crippen molar-refractivity contribution < 1.29 is 19.2 Å². The van der Waals surface area contributed by atoms with Crippen molar-refractivity contribution in [1.29, 1.82) is 0 Å². The van der Waals surface area contributed by atoms with Crippen molar-refractivity contribution in [2.45, 2.75) is 51.4 Å². The predicted molar refractivity (Wildman–Crippen MR) is 87.7 cm³/mol. The van der Waals surface area contributed by atoms with Gasteiger partial charge in [0.1, 0.15) is 23.7 Å². The molecule has 6 nitrogen and oxygen atoms in total. The number of hydrogen-bond donors (Lipinski definition) is 2. The van der Waals surface area contributed by atoms with Gasteiger partial charge < -0.3 is 19.7 Å². The molecule has 1 fully saturated rings. The number of para-hydroxylation sites is 1. The Morgan fingerprint density at radius 3 is 2.75 bits per heavy atom. The van der Waals surface area contributed by atoms with Crippen LogP contribution >= 0.6 is 0 Å². The molecule has 2 N–H and O–H groups in total. The molecule has 0 unspecified atom stereocenters. The Labute approximate surface area is 140 Å². The zero-order valence-electron chi connectivity index (χ0n) is 13.9. The molecule has 0 radical (unpaired) electrons. The molecule has 0 bridgehead atoms. The Balaban J connectivity index is 1.55. The third kappa shape index (κ3) is 3.59. The zero-order valence-corrected chi connectivity index (χ0v) is 13.9. The minimum absolute atomic E-state index is 0.145. The van der Waals surface area contributed by atoms with Gasteiger partial charge in [-0.3, -0.25) is 4.79 Å². The Hall–Kier alpha value is -2.34. The largest absolute Gasteiger partial charge is 0.488 e. The number of benzene rings is 1. The average molecular weight is 330 g/mol. The summed E-state index contributed by atoms with van der Waals surface area (Å²) in [4.78, 5) is 12.2. The number of aliphatic hydroxyl groups is 1. The van der Waals surface area contributed by atoms with E-state index in [1.54, 1.807) is 6.92 Å². The third-order valence-electron chi connectivity index (χ3n) is 4.45. The molecule has 3 atom stereocenters. The van der Waals surface area contributed by atoms with E-state index in [0.717, 1.165) is 17.0 Å². The van der Waals surface area contributed by atoms with Crippen LogP contribution in [0.15, 0.2) is 34.9 Å². The fourth-order valence-electron chi connectivity index (χ4n) is 3.08. The van der Waals surface area contributed by atoms with Crippen molar-refractivity contribution in [1.82, 2.24) is 10.5 Å². The Morgan fingerprint density at radius 2 is 2.08 bits per heavy atom. The van der Waals surface area contributed by atoms with Crippen LogP contribution in [0.3, 0.4) is 0 Å². The van der Waals surface area contributed by atoms with Gasteiger partial charge in [-0.25, -0.2) is 0 Å². The van der Waals surface area contributed by atoms with Gasteiger partial charge in [-0.15, -0.1) is 0 Å². The fourth-order valence-corrected chi connectivity index (χ4v) is 3.08. The van der Waals surface area contributed by atoms with E-state index in [1.807, 2.05) is 37.3 Å². The molecule has 6 heteroatoms. The lowest BCUT2D eigenvalue weighted by Crippen LogP contribution is -2.44. The first kappa shape index (κ1) is 16.5. The summed E-state index contributed by atoms with van der Waals surface area (Å²) in [7, 11) is 0. The monoisotopic (exact) mass is 330 g/mol. The second-order valence-corrected chi connectivity index (χ2v) is 6.19. The molecule has 128 valence electrons. The highest BCUT2D eigenvalue weighted by Gasteiger charge is 2.37. The first-order valence-corrected chi connectivity index (χ1v) is 8.15. The van der Waals surface area contributed by atoms with Gasteiger partial charge in [0, 0.05) is 5.56 Å². The van der Waals surface area contributed by atoms with E-state index in [0.29, 0.717) is 18.6 Å². The Morgan fingerprint density at radius 1 is 1.33 bits per heavy atom. The molecule has 24 heavy (non-hydrogen) atoms. The minimum atomic E-state index is -0.723. The molecule has 0 spiro atoms. The summed E-state index contributed by atoms with van der Waals surface area (Å²) >= 11 is 0. The van der Waals surface area contributed by atoms with Crippen LogP contribution < -0.4 is 10.1 Å². The van der Waals surface area contributed by atoms with Crippen LogP contribution in [0.4, 0.5) is 0 Å². The molecule has 3 rings (SSSR count). The first-order valence-electron chi connectivity index (χ1n) is 8.15. The van der Waals surface area contributed by atoms with E-state index < -0.39 is 6.10 Å². The lowest BCUT2D eigenvalue weighted by atomic mass is 10.1. The van der Waals surface area contributed by atoms with E-state index in [4.69, 9.17) is 9.26 Å². The summed E-state index contributed by atoms with van der Waals surface area (Å²) < 4.78 is 10.9. The number of aliphatic hydroxyl groups excluding tert-OH is 1. The van der Waals surface area contributed by atoms with E-state index in [2.05, 4.69) is 10.5 Å². The molecule has 1 amide bonds. The van der Waals surface area contributed by atoms with Gasteiger partial charge in [-0.1, -0.05) is 23.4 Å². The highest BCUT2D eigenvalue weighted by atomic mass is 16.5. The molecule has 1 heterocycles. The van der Waals surface area contributed by atoms with Crippen LogP contribution in [0.2, 0.25) is 0 Å². The van der Waals surface area contributed by atoms with Gasteiger partial charge in [-0.05, 0) is 38.8 Å². The SMILES string of the molecule is Cc1noc(C)c1CC(=O)N[C@@H]1CC[C@@H](Oc2ccccc2)[C@@H]1O. The maximum Gasteiger partial charge on any atom is 0.224 e. The van der Waals surface area contributed by atoms with Crippen molar-refractivity contribution in [3.63, 3.8) is 0 Å². The summed E-state index contributed by atoms with van der Waals surface area (Å²) in [5, 5.41) is 17.2. The number of rotatable bonds is 5. The molecule has 0 saturated heterocycles. The van der Waals surface area contributed by atoms with E-state index in [1.165, 1.54) is 0 Å². The quantitative estimate of drug-likeness (QED) is 0.875. The van der Waals surface area contributed by atoms with Crippen LogP contribution in [0.1, 0.15) is 29.9 Å². The molecule has 1 aromatic heterocycles. The van der Waals surface area contributed by atoms with Crippen LogP contribution in [0, 0.1) is 13.8 Å². The molecular formula is C18H22N2O4. The van der Waals surface area contributed by atoms with Crippen LogP contribution in [0.25, 0.3) is 0 Å². The van der Waals surface area contributed by atoms with Crippen LogP contribution in [0.5, 0.6) is 5.75 Å². The zero-order chi connectivity index (χ0) is 17.1. The highest BCUT2D eigenvalue weighted by Crippen LogP contribution is 2.25.